The van der Waals surface area contributed by atoms with Crippen LogP contribution in [-0.4, -0.2) is 37.7 Å². The summed E-state index contributed by atoms with van der Waals surface area (Å²) in [7, 11) is 1.81. The maximum absolute atomic E-state index is 5.86. The number of nitrogens with zero attached hydrogens (tertiary/aromatic N) is 1. The van der Waals surface area contributed by atoms with Crippen LogP contribution < -0.4 is 5.32 Å². The minimum absolute atomic E-state index is 0.381. The van der Waals surface area contributed by atoms with Gasteiger partial charge in [-0.25, -0.2) is 0 Å². The van der Waals surface area contributed by atoms with E-state index in [1.54, 1.807) is 7.11 Å². The average Bonchev–Trinajstić information content (AvgIpc) is 2.76. The Morgan fingerprint density at radius 3 is 3.11 bits per heavy atom. The molecule has 1 fully saturated rings. The molecule has 1 saturated heterocycles. The molecule has 1 unspecified atom stereocenters. The van der Waals surface area contributed by atoms with E-state index in [9.17, 15) is 0 Å². The molecule has 1 aliphatic heterocycles. The standard InChI is InChI=1S/C15H26N2O2/c1-4-16-9-13-8-15(19-12(13)2)11-17-7-5-6-14(10-17)18-3/h8,14,16H,4-7,9-11H2,1-3H3. The van der Waals surface area contributed by atoms with Gasteiger partial charge in [0.25, 0.3) is 0 Å². The van der Waals surface area contributed by atoms with E-state index in [1.807, 2.05) is 6.92 Å². The molecule has 2 heterocycles. The summed E-state index contributed by atoms with van der Waals surface area (Å²) in [4.78, 5) is 2.42. The molecule has 108 valence electrons. The Morgan fingerprint density at radius 1 is 1.53 bits per heavy atom. The molecule has 1 atom stereocenters. The lowest BCUT2D eigenvalue weighted by atomic mass is 10.1. The van der Waals surface area contributed by atoms with Crippen LogP contribution in [-0.2, 0) is 17.8 Å². The number of nitrogens with one attached hydrogen (secondary N) is 1. The first-order valence-electron chi connectivity index (χ1n) is 7.27. The highest BCUT2D eigenvalue weighted by molar-refractivity contribution is 5.20. The zero-order valence-electron chi connectivity index (χ0n) is 12.4. The Morgan fingerprint density at radius 2 is 2.37 bits per heavy atom. The summed E-state index contributed by atoms with van der Waals surface area (Å²) in [6.07, 6.45) is 2.77. The van der Waals surface area contributed by atoms with E-state index in [0.717, 1.165) is 44.2 Å². The minimum Gasteiger partial charge on any atom is -0.465 e. The summed E-state index contributed by atoms with van der Waals surface area (Å²) in [5.41, 5.74) is 1.28. The summed E-state index contributed by atoms with van der Waals surface area (Å²) in [5.74, 6) is 2.11. The fourth-order valence-electron chi connectivity index (χ4n) is 2.67. The van der Waals surface area contributed by atoms with Crippen LogP contribution in [0.25, 0.3) is 0 Å². The van der Waals surface area contributed by atoms with Crippen LogP contribution in [0, 0.1) is 6.92 Å². The molecule has 1 aromatic rings. The molecule has 0 saturated carbocycles. The summed E-state index contributed by atoms with van der Waals surface area (Å²) in [6.45, 7) is 9.10. The van der Waals surface area contributed by atoms with E-state index in [0.29, 0.717) is 6.10 Å². The number of methoxy groups -OCH3 is 1. The van der Waals surface area contributed by atoms with Crippen LogP contribution in [0.15, 0.2) is 10.5 Å². The van der Waals surface area contributed by atoms with Gasteiger partial charge in [-0.2, -0.15) is 0 Å². The maximum atomic E-state index is 5.86. The lowest BCUT2D eigenvalue weighted by Gasteiger charge is -2.31. The van der Waals surface area contributed by atoms with Gasteiger partial charge in [0.2, 0.25) is 0 Å². The van der Waals surface area contributed by atoms with Gasteiger partial charge in [0, 0.05) is 25.8 Å². The fraction of sp³-hybridized carbons (Fsp3) is 0.733. The number of furan rings is 1. The van der Waals surface area contributed by atoms with Gasteiger partial charge >= 0.3 is 0 Å². The van der Waals surface area contributed by atoms with Crippen molar-refractivity contribution in [3.05, 3.63) is 23.2 Å². The van der Waals surface area contributed by atoms with Gasteiger partial charge in [-0.1, -0.05) is 6.92 Å². The van der Waals surface area contributed by atoms with Crippen molar-refractivity contribution >= 4 is 0 Å². The van der Waals surface area contributed by atoms with E-state index in [4.69, 9.17) is 9.15 Å². The van der Waals surface area contributed by atoms with Crippen LogP contribution in [0.2, 0.25) is 0 Å². The molecule has 19 heavy (non-hydrogen) atoms. The first kappa shape index (κ1) is 14.6. The Bertz CT molecular complexity index is 389. The molecule has 1 N–H and O–H groups in total. The van der Waals surface area contributed by atoms with Crippen molar-refractivity contribution in [1.82, 2.24) is 10.2 Å². The molecule has 4 nitrogen and oxygen atoms in total. The molecule has 4 heteroatoms. The number of hydrogen-bond acceptors (Lipinski definition) is 4. The minimum atomic E-state index is 0.381. The number of ether oxygens (including phenoxy) is 1. The second-order valence-electron chi connectivity index (χ2n) is 5.31. The second-order valence-corrected chi connectivity index (χ2v) is 5.31. The molecule has 0 bridgehead atoms. The Labute approximate surface area is 116 Å². The van der Waals surface area contributed by atoms with Crippen molar-refractivity contribution in [3.63, 3.8) is 0 Å². The average molecular weight is 266 g/mol. The van der Waals surface area contributed by atoms with Gasteiger partial charge in [-0.05, 0) is 38.9 Å². The van der Waals surface area contributed by atoms with Gasteiger partial charge in [-0.3, -0.25) is 4.90 Å². The Hall–Kier alpha value is -0.840. The third-order valence-corrected chi connectivity index (χ3v) is 3.81. The van der Waals surface area contributed by atoms with Crippen molar-refractivity contribution in [2.75, 3.05) is 26.7 Å². The lowest BCUT2D eigenvalue weighted by Crippen LogP contribution is -2.38. The van der Waals surface area contributed by atoms with Crippen LogP contribution in [0.4, 0.5) is 0 Å². The zero-order valence-corrected chi connectivity index (χ0v) is 12.4. The Kier molecular flexibility index (Phi) is 5.43. The van der Waals surface area contributed by atoms with E-state index >= 15 is 0 Å². The predicted molar refractivity (Wildman–Crippen MR) is 76.1 cm³/mol. The highest BCUT2D eigenvalue weighted by atomic mass is 16.5. The second kappa shape index (κ2) is 7.08. The molecular formula is C15H26N2O2. The Balaban J connectivity index is 1.91. The molecule has 0 radical (unpaired) electrons. The topological polar surface area (TPSA) is 37.6 Å². The summed E-state index contributed by atoms with van der Waals surface area (Å²) >= 11 is 0. The molecule has 0 spiro atoms. The van der Waals surface area contributed by atoms with Crippen molar-refractivity contribution in [2.45, 2.75) is 45.9 Å². The molecule has 1 aromatic heterocycles. The third kappa shape index (κ3) is 4.06. The summed E-state index contributed by atoms with van der Waals surface area (Å²) < 4.78 is 11.3. The van der Waals surface area contributed by atoms with Gasteiger partial charge in [0.15, 0.2) is 0 Å². The number of aryl methyl sites for hydroxylation is 1. The molecule has 0 aromatic carbocycles. The van der Waals surface area contributed by atoms with E-state index in [1.165, 1.54) is 18.4 Å². The van der Waals surface area contributed by atoms with Crippen LogP contribution in [0.1, 0.15) is 36.8 Å². The van der Waals surface area contributed by atoms with Gasteiger partial charge in [-0.15, -0.1) is 0 Å². The van der Waals surface area contributed by atoms with Crippen LogP contribution >= 0.6 is 0 Å². The SMILES string of the molecule is CCNCc1cc(CN2CCCC(OC)C2)oc1C. The number of rotatable bonds is 6. The van der Waals surface area contributed by atoms with Crippen molar-refractivity contribution in [2.24, 2.45) is 0 Å². The molecule has 2 rings (SSSR count). The maximum Gasteiger partial charge on any atom is 0.118 e. The van der Waals surface area contributed by atoms with Crippen molar-refractivity contribution in [3.8, 4) is 0 Å². The number of likely N-dealkylation sites (tertiary alicyclic amines) is 1. The molecule has 0 amide bonds. The first-order chi connectivity index (χ1) is 9.22. The van der Waals surface area contributed by atoms with Crippen molar-refractivity contribution < 1.29 is 9.15 Å². The van der Waals surface area contributed by atoms with Gasteiger partial charge < -0.3 is 14.5 Å². The number of piperidine rings is 1. The fourth-order valence-corrected chi connectivity index (χ4v) is 2.67. The largest absolute Gasteiger partial charge is 0.465 e. The summed E-state index contributed by atoms with van der Waals surface area (Å²) in [6, 6.07) is 2.19. The molecular weight excluding hydrogens is 240 g/mol. The predicted octanol–water partition coefficient (Wildman–Crippen LogP) is 2.31. The molecule has 1 aliphatic rings. The zero-order chi connectivity index (χ0) is 13.7. The van der Waals surface area contributed by atoms with Gasteiger partial charge in [0.05, 0.1) is 12.6 Å². The van der Waals surface area contributed by atoms with Crippen LogP contribution in [0.3, 0.4) is 0 Å². The lowest BCUT2D eigenvalue weighted by molar-refractivity contribution is 0.0263. The third-order valence-electron chi connectivity index (χ3n) is 3.81. The quantitative estimate of drug-likeness (QED) is 0.857. The van der Waals surface area contributed by atoms with Gasteiger partial charge in [0.1, 0.15) is 11.5 Å². The normalized spacial score (nSPS) is 20.9. The monoisotopic (exact) mass is 266 g/mol. The smallest absolute Gasteiger partial charge is 0.118 e. The first-order valence-corrected chi connectivity index (χ1v) is 7.27. The summed E-state index contributed by atoms with van der Waals surface area (Å²) in [5, 5.41) is 3.34. The van der Waals surface area contributed by atoms with E-state index < -0.39 is 0 Å². The number of hydrogen-bond donors (Lipinski definition) is 1. The molecule has 0 aliphatic carbocycles. The van der Waals surface area contributed by atoms with E-state index in [2.05, 4.69) is 23.2 Å². The van der Waals surface area contributed by atoms with Crippen LogP contribution in [0.5, 0.6) is 0 Å². The van der Waals surface area contributed by atoms with E-state index in [-0.39, 0.29) is 0 Å². The highest BCUT2D eigenvalue weighted by Crippen LogP contribution is 2.19. The van der Waals surface area contributed by atoms with Crippen molar-refractivity contribution in [1.29, 1.82) is 0 Å². The highest BCUT2D eigenvalue weighted by Gasteiger charge is 2.20.